The number of benzene rings is 6. The van der Waals surface area contributed by atoms with Gasteiger partial charge in [-0.25, -0.2) is 0 Å². The van der Waals surface area contributed by atoms with Crippen molar-refractivity contribution in [2.75, 3.05) is 0 Å². The minimum absolute atomic E-state index is 0.390. The van der Waals surface area contributed by atoms with E-state index < -0.39 is 21.4 Å². The minimum Gasteiger partial charge on any atom is -0.376 e. The molecule has 34 heavy (non-hydrogen) atoms. The second kappa shape index (κ2) is 7.08. The van der Waals surface area contributed by atoms with Gasteiger partial charge in [0.2, 0.25) is 0 Å². The van der Waals surface area contributed by atoms with Crippen molar-refractivity contribution in [1.29, 1.82) is 0 Å². The molecule has 3 nitrogen and oxygen atoms in total. The Morgan fingerprint density at radius 1 is 0.529 bits per heavy atom. The fourth-order valence-electron chi connectivity index (χ4n) is 4.83. The third-order valence-electron chi connectivity index (χ3n) is 6.17. The van der Waals surface area contributed by atoms with Crippen molar-refractivity contribution in [3.8, 4) is 5.75 Å². The van der Waals surface area contributed by atoms with Crippen LogP contribution in [0.15, 0.2) is 91.0 Å². The first kappa shape index (κ1) is 20.7. The van der Waals surface area contributed by atoms with Crippen molar-refractivity contribution in [1.82, 2.24) is 0 Å². The van der Waals surface area contributed by atoms with Crippen LogP contribution in [0, 0.1) is 0 Å². The average molecular weight is 476 g/mol. The molecule has 0 N–H and O–H groups in total. The zero-order chi connectivity index (χ0) is 23.7. The van der Waals surface area contributed by atoms with E-state index in [1.165, 1.54) is 12.1 Å². The second-order valence-electron chi connectivity index (χ2n) is 8.08. The lowest BCUT2D eigenvalue weighted by molar-refractivity contribution is -0.0500. The van der Waals surface area contributed by atoms with Gasteiger partial charge in [0.05, 0.1) is 0 Å². The van der Waals surface area contributed by atoms with Gasteiger partial charge < -0.3 is 4.18 Å². The zero-order valence-corrected chi connectivity index (χ0v) is 18.2. The van der Waals surface area contributed by atoms with Crippen molar-refractivity contribution in [3.05, 3.63) is 91.0 Å². The monoisotopic (exact) mass is 476 g/mol. The van der Waals surface area contributed by atoms with Gasteiger partial charge in [0.1, 0.15) is 5.75 Å². The standard InChI is InChI=1S/C27H15F3O3S/c28-27(29,30)34(31,32)33-16-13-14-20-19-9-3-5-11-22(19)25-21-10-4-1-7-17(21)18-8-2-6-12-23(18)26(25)24(20)15-16/h1-15H. The Hall–Kier alpha value is -3.84. The van der Waals surface area contributed by atoms with Crippen molar-refractivity contribution >= 4 is 64.0 Å². The maximum Gasteiger partial charge on any atom is 0.534 e. The first-order chi connectivity index (χ1) is 16.3. The van der Waals surface area contributed by atoms with E-state index in [0.29, 0.717) is 5.39 Å². The summed E-state index contributed by atoms with van der Waals surface area (Å²) in [6.45, 7) is 0. The Kier molecular flexibility index (Phi) is 4.32. The Bertz CT molecular complexity index is 1880. The van der Waals surface area contributed by atoms with Crippen LogP contribution in [0.1, 0.15) is 0 Å². The molecule has 0 aliphatic rings. The largest absolute Gasteiger partial charge is 0.534 e. The average Bonchev–Trinajstić information content (AvgIpc) is 2.82. The van der Waals surface area contributed by atoms with E-state index in [1.807, 2.05) is 72.8 Å². The zero-order valence-electron chi connectivity index (χ0n) is 17.4. The van der Waals surface area contributed by atoms with Gasteiger partial charge in [0.15, 0.2) is 0 Å². The van der Waals surface area contributed by atoms with Crippen LogP contribution in [-0.2, 0) is 10.1 Å². The highest BCUT2D eigenvalue weighted by Crippen LogP contribution is 2.44. The van der Waals surface area contributed by atoms with Crippen molar-refractivity contribution in [2.24, 2.45) is 0 Å². The van der Waals surface area contributed by atoms with E-state index in [1.54, 1.807) is 6.07 Å². The maximum absolute atomic E-state index is 13.0. The van der Waals surface area contributed by atoms with E-state index in [2.05, 4.69) is 4.18 Å². The van der Waals surface area contributed by atoms with E-state index in [4.69, 9.17) is 0 Å². The highest BCUT2D eigenvalue weighted by molar-refractivity contribution is 7.88. The topological polar surface area (TPSA) is 43.4 Å². The molecule has 0 atom stereocenters. The lowest BCUT2D eigenvalue weighted by atomic mass is 9.87. The van der Waals surface area contributed by atoms with Gasteiger partial charge in [0, 0.05) is 0 Å². The molecule has 0 aliphatic carbocycles. The van der Waals surface area contributed by atoms with Gasteiger partial charge in [-0.3, -0.25) is 0 Å². The number of alkyl halides is 3. The molecule has 0 bridgehead atoms. The van der Waals surface area contributed by atoms with Crippen LogP contribution in [0.4, 0.5) is 13.2 Å². The smallest absolute Gasteiger partial charge is 0.376 e. The molecule has 0 unspecified atom stereocenters. The summed E-state index contributed by atoms with van der Waals surface area (Å²) in [5.74, 6) is -0.390. The molecule has 0 saturated carbocycles. The third-order valence-corrected chi connectivity index (χ3v) is 7.15. The van der Waals surface area contributed by atoms with Crippen LogP contribution < -0.4 is 4.18 Å². The third kappa shape index (κ3) is 2.93. The summed E-state index contributed by atoms with van der Waals surface area (Å²) >= 11 is 0. The second-order valence-corrected chi connectivity index (χ2v) is 9.62. The van der Waals surface area contributed by atoms with Crippen LogP contribution >= 0.6 is 0 Å². The van der Waals surface area contributed by atoms with Crippen molar-refractivity contribution < 1.29 is 25.8 Å². The van der Waals surface area contributed by atoms with E-state index >= 15 is 0 Å². The number of halogens is 3. The first-order valence-corrected chi connectivity index (χ1v) is 11.9. The normalized spacial score (nSPS) is 12.8. The van der Waals surface area contributed by atoms with Gasteiger partial charge in [-0.2, -0.15) is 21.6 Å². The summed E-state index contributed by atoms with van der Waals surface area (Å²) in [5, 5.41) is 9.08. The van der Waals surface area contributed by atoms with Crippen LogP contribution in [-0.4, -0.2) is 13.9 Å². The minimum atomic E-state index is -5.79. The molecule has 0 amide bonds. The van der Waals surface area contributed by atoms with Gasteiger partial charge in [-0.1, -0.05) is 72.8 Å². The fourth-order valence-corrected chi connectivity index (χ4v) is 5.28. The van der Waals surface area contributed by atoms with Crippen LogP contribution in [0.25, 0.3) is 53.9 Å². The summed E-state index contributed by atoms with van der Waals surface area (Å²) in [7, 11) is -5.79. The highest BCUT2D eigenvalue weighted by atomic mass is 32.2. The Morgan fingerprint density at radius 3 is 1.35 bits per heavy atom. The molecular formula is C27H15F3O3S. The van der Waals surface area contributed by atoms with Crippen molar-refractivity contribution in [2.45, 2.75) is 5.51 Å². The van der Waals surface area contributed by atoms with Gasteiger partial charge in [0.25, 0.3) is 0 Å². The van der Waals surface area contributed by atoms with E-state index in [0.717, 1.165) is 48.5 Å². The summed E-state index contributed by atoms with van der Waals surface area (Å²) in [6.07, 6.45) is 0. The Morgan fingerprint density at radius 2 is 0.912 bits per heavy atom. The van der Waals surface area contributed by atoms with Gasteiger partial charge in [-0.05, 0) is 72.1 Å². The molecule has 7 heteroatoms. The van der Waals surface area contributed by atoms with Crippen LogP contribution in [0.3, 0.4) is 0 Å². The summed E-state index contributed by atoms with van der Waals surface area (Å²) in [5.41, 5.74) is -5.52. The number of fused-ring (bicyclic) bond motifs is 11. The molecule has 0 heterocycles. The maximum atomic E-state index is 13.0. The molecular weight excluding hydrogens is 461 g/mol. The highest BCUT2D eigenvalue weighted by Gasteiger charge is 2.48. The Balaban J connectivity index is 1.85. The molecule has 0 spiro atoms. The first-order valence-electron chi connectivity index (χ1n) is 10.4. The predicted molar refractivity (Wildman–Crippen MR) is 130 cm³/mol. The molecule has 168 valence electrons. The van der Waals surface area contributed by atoms with Crippen LogP contribution in [0.5, 0.6) is 5.75 Å². The number of hydrogen-bond acceptors (Lipinski definition) is 3. The molecule has 0 aliphatic heterocycles. The van der Waals surface area contributed by atoms with Gasteiger partial charge >= 0.3 is 15.6 Å². The summed E-state index contributed by atoms with van der Waals surface area (Å²) < 4.78 is 66.7. The molecule has 0 radical (unpaired) electrons. The van der Waals surface area contributed by atoms with Gasteiger partial charge in [-0.15, -0.1) is 0 Å². The van der Waals surface area contributed by atoms with E-state index in [9.17, 15) is 21.6 Å². The fraction of sp³-hybridized carbons (Fsp3) is 0.0370. The molecule has 0 fully saturated rings. The van der Waals surface area contributed by atoms with Crippen LogP contribution in [0.2, 0.25) is 0 Å². The predicted octanol–water partition coefficient (Wildman–Crippen LogP) is 7.68. The lowest BCUT2D eigenvalue weighted by Gasteiger charge is -2.17. The summed E-state index contributed by atoms with van der Waals surface area (Å²) in [4.78, 5) is 0. The summed E-state index contributed by atoms with van der Waals surface area (Å²) in [6, 6.07) is 27.9. The Labute approximate surface area is 192 Å². The molecule has 6 rings (SSSR count). The molecule has 6 aromatic rings. The number of hydrogen-bond donors (Lipinski definition) is 0. The molecule has 6 aromatic carbocycles. The van der Waals surface area contributed by atoms with Crippen molar-refractivity contribution in [3.63, 3.8) is 0 Å². The quantitative estimate of drug-likeness (QED) is 0.146. The van der Waals surface area contributed by atoms with E-state index in [-0.39, 0.29) is 0 Å². The molecule has 0 saturated heterocycles. The number of rotatable bonds is 2. The SMILES string of the molecule is O=S(=O)(Oc1ccc2c3ccccc3c3c4ccccc4c4ccccc4c3c2c1)C(F)(F)F. The lowest BCUT2D eigenvalue weighted by Crippen LogP contribution is -2.28. The molecule has 0 aromatic heterocycles.